The van der Waals surface area contributed by atoms with Gasteiger partial charge in [0.25, 0.3) is 0 Å². The summed E-state index contributed by atoms with van der Waals surface area (Å²) in [5.74, 6) is -0.635. The van der Waals surface area contributed by atoms with Crippen LogP contribution in [0.5, 0.6) is 0 Å². The first kappa shape index (κ1) is 15.3. The van der Waals surface area contributed by atoms with Gasteiger partial charge in [-0.2, -0.15) is 0 Å². The van der Waals surface area contributed by atoms with Gasteiger partial charge >= 0.3 is 6.09 Å². The minimum atomic E-state index is -0.635. The van der Waals surface area contributed by atoms with Crippen LogP contribution < -0.4 is 0 Å². The highest BCUT2D eigenvalue weighted by Gasteiger charge is 2.45. The topological polar surface area (TPSA) is 68.2 Å². The summed E-state index contributed by atoms with van der Waals surface area (Å²) < 4.78 is 16.7. The van der Waals surface area contributed by atoms with Gasteiger partial charge in [0.15, 0.2) is 5.79 Å². The molecule has 0 radical (unpaired) electrons. The van der Waals surface area contributed by atoms with Crippen molar-refractivity contribution in [3.8, 4) is 0 Å². The van der Waals surface area contributed by atoms with E-state index >= 15 is 0 Å². The van der Waals surface area contributed by atoms with Crippen LogP contribution in [0, 0.1) is 0 Å². The number of nitrogens with zero attached hydrogens (tertiary/aromatic N) is 1. The predicted octanol–water partition coefficient (Wildman–Crippen LogP) is 1.52. The lowest BCUT2D eigenvalue weighted by molar-refractivity contribution is -0.196. The maximum absolute atomic E-state index is 12.3. The molecule has 0 unspecified atom stereocenters. The maximum atomic E-state index is 12.3. The first-order valence-electron chi connectivity index (χ1n) is 7.58. The number of rotatable bonds is 3. The first-order chi connectivity index (χ1) is 10.7. The number of benzene rings is 1. The van der Waals surface area contributed by atoms with Crippen molar-refractivity contribution in [2.75, 3.05) is 26.4 Å². The zero-order valence-electron chi connectivity index (χ0n) is 12.4. The van der Waals surface area contributed by atoms with E-state index in [1.54, 1.807) is 4.90 Å². The molecule has 6 heteroatoms. The molecule has 1 amide bonds. The van der Waals surface area contributed by atoms with Gasteiger partial charge in [-0.3, -0.25) is 0 Å². The largest absolute Gasteiger partial charge is 0.445 e. The summed E-state index contributed by atoms with van der Waals surface area (Å²) in [5, 5.41) is 9.58. The lowest BCUT2D eigenvalue weighted by Crippen LogP contribution is -2.54. The van der Waals surface area contributed by atoms with Crippen molar-refractivity contribution in [1.82, 2.24) is 4.90 Å². The molecule has 1 atom stereocenters. The van der Waals surface area contributed by atoms with E-state index in [4.69, 9.17) is 14.2 Å². The second-order valence-corrected chi connectivity index (χ2v) is 5.63. The van der Waals surface area contributed by atoms with Crippen molar-refractivity contribution in [2.45, 2.75) is 31.3 Å². The molecule has 2 fully saturated rings. The van der Waals surface area contributed by atoms with E-state index in [9.17, 15) is 9.90 Å². The zero-order chi connectivity index (χ0) is 15.4. The lowest BCUT2D eigenvalue weighted by Gasteiger charge is -2.42. The summed E-state index contributed by atoms with van der Waals surface area (Å²) in [6, 6.07) is 9.19. The molecule has 1 spiro atoms. The van der Waals surface area contributed by atoms with Crippen LogP contribution in [0.4, 0.5) is 4.79 Å². The van der Waals surface area contributed by atoms with Gasteiger partial charge in [-0.15, -0.1) is 0 Å². The normalized spacial score (nSPS) is 23.7. The van der Waals surface area contributed by atoms with Gasteiger partial charge < -0.3 is 24.2 Å². The molecule has 22 heavy (non-hydrogen) atoms. The molecule has 1 aromatic rings. The zero-order valence-corrected chi connectivity index (χ0v) is 12.4. The average Bonchev–Trinajstić information content (AvgIpc) is 3.01. The van der Waals surface area contributed by atoms with Crippen LogP contribution in [0.15, 0.2) is 30.3 Å². The Morgan fingerprint density at radius 1 is 1.32 bits per heavy atom. The minimum absolute atomic E-state index is 0.130. The van der Waals surface area contributed by atoms with Crippen LogP contribution in [-0.2, 0) is 20.8 Å². The highest BCUT2D eigenvalue weighted by Crippen LogP contribution is 2.34. The summed E-state index contributed by atoms with van der Waals surface area (Å²) >= 11 is 0. The van der Waals surface area contributed by atoms with Crippen molar-refractivity contribution < 1.29 is 24.1 Å². The number of hydrogen-bond donors (Lipinski definition) is 1. The fraction of sp³-hybridized carbons (Fsp3) is 0.562. The van der Waals surface area contributed by atoms with Crippen molar-refractivity contribution in [3.63, 3.8) is 0 Å². The standard InChI is InChI=1S/C16H21NO5/c18-11-14-10-16(21-8-9-22-16)6-7-17(14)15(19)20-12-13-4-2-1-3-5-13/h1-5,14,18H,6-12H2/t14-/m1/s1. The molecule has 0 saturated carbocycles. The summed E-state index contributed by atoms with van der Waals surface area (Å²) in [5.41, 5.74) is 0.937. The van der Waals surface area contributed by atoms with Gasteiger partial charge in [0.2, 0.25) is 0 Å². The molecule has 2 heterocycles. The summed E-state index contributed by atoms with van der Waals surface area (Å²) in [6.07, 6.45) is 0.671. The van der Waals surface area contributed by atoms with E-state index in [2.05, 4.69) is 0 Å². The van der Waals surface area contributed by atoms with Crippen LogP contribution in [0.3, 0.4) is 0 Å². The van der Waals surface area contributed by atoms with E-state index in [1.165, 1.54) is 0 Å². The number of hydrogen-bond acceptors (Lipinski definition) is 5. The molecular weight excluding hydrogens is 286 g/mol. The third kappa shape index (κ3) is 3.24. The SMILES string of the molecule is O=C(OCc1ccccc1)N1CCC2(C[C@@H]1CO)OCCO2. The molecule has 0 bridgehead atoms. The number of carbonyl (C=O) groups excluding carboxylic acids is 1. The Morgan fingerprint density at radius 2 is 2.05 bits per heavy atom. The van der Waals surface area contributed by atoms with E-state index < -0.39 is 11.9 Å². The predicted molar refractivity (Wildman–Crippen MR) is 78.1 cm³/mol. The minimum Gasteiger partial charge on any atom is -0.445 e. The molecule has 0 aliphatic carbocycles. The third-order valence-electron chi connectivity index (χ3n) is 4.18. The molecule has 2 saturated heterocycles. The number of aliphatic hydroxyl groups excluding tert-OH is 1. The molecule has 1 N–H and O–H groups in total. The van der Waals surface area contributed by atoms with Crippen molar-refractivity contribution >= 4 is 6.09 Å². The number of amides is 1. The molecular formula is C16H21NO5. The molecule has 3 rings (SSSR count). The molecule has 2 aliphatic rings. The van der Waals surface area contributed by atoms with E-state index in [0.717, 1.165) is 5.56 Å². The van der Waals surface area contributed by atoms with Gasteiger partial charge in [-0.25, -0.2) is 4.79 Å². The fourth-order valence-electron chi connectivity index (χ4n) is 3.01. The van der Waals surface area contributed by atoms with Crippen LogP contribution in [0.25, 0.3) is 0 Å². The summed E-state index contributed by atoms with van der Waals surface area (Å²) in [4.78, 5) is 13.8. The van der Waals surface area contributed by atoms with Gasteiger partial charge in [-0.1, -0.05) is 30.3 Å². The molecule has 6 nitrogen and oxygen atoms in total. The monoisotopic (exact) mass is 307 g/mol. The Hall–Kier alpha value is -1.63. The maximum Gasteiger partial charge on any atom is 0.410 e. The fourth-order valence-corrected chi connectivity index (χ4v) is 3.01. The van der Waals surface area contributed by atoms with Gasteiger partial charge in [0.05, 0.1) is 25.9 Å². The van der Waals surface area contributed by atoms with Crippen molar-refractivity contribution in [2.24, 2.45) is 0 Å². The quantitative estimate of drug-likeness (QED) is 0.917. The van der Waals surface area contributed by atoms with Gasteiger partial charge in [0.1, 0.15) is 6.61 Å². The number of carbonyl (C=O) groups is 1. The van der Waals surface area contributed by atoms with Gasteiger partial charge in [0, 0.05) is 19.4 Å². The molecule has 120 valence electrons. The van der Waals surface area contributed by atoms with E-state index in [-0.39, 0.29) is 19.3 Å². The Bertz CT molecular complexity index is 501. The van der Waals surface area contributed by atoms with Crippen LogP contribution in [0.1, 0.15) is 18.4 Å². The molecule has 0 aromatic heterocycles. The summed E-state index contributed by atoms with van der Waals surface area (Å²) in [7, 11) is 0. The van der Waals surface area contributed by atoms with Crippen LogP contribution >= 0.6 is 0 Å². The number of aliphatic hydroxyl groups is 1. The van der Waals surface area contributed by atoms with Gasteiger partial charge in [-0.05, 0) is 5.56 Å². The Kier molecular flexibility index (Phi) is 4.61. The highest BCUT2D eigenvalue weighted by atomic mass is 16.7. The Labute approximate surface area is 129 Å². The second-order valence-electron chi connectivity index (χ2n) is 5.63. The second kappa shape index (κ2) is 6.64. The average molecular weight is 307 g/mol. The van der Waals surface area contributed by atoms with E-state index in [0.29, 0.717) is 32.6 Å². The van der Waals surface area contributed by atoms with Crippen molar-refractivity contribution in [3.05, 3.63) is 35.9 Å². The van der Waals surface area contributed by atoms with E-state index in [1.807, 2.05) is 30.3 Å². The third-order valence-corrected chi connectivity index (χ3v) is 4.18. The van der Waals surface area contributed by atoms with Crippen LogP contribution in [0.2, 0.25) is 0 Å². The number of piperidine rings is 1. The summed E-state index contributed by atoms with van der Waals surface area (Å²) in [6.45, 7) is 1.69. The molecule has 2 aliphatic heterocycles. The Morgan fingerprint density at radius 3 is 2.73 bits per heavy atom. The lowest BCUT2D eigenvalue weighted by atomic mass is 9.97. The van der Waals surface area contributed by atoms with Crippen molar-refractivity contribution in [1.29, 1.82) is 0 Å². The smallest absolute Gasteiger partial charge is 0.410 e. The first-order valence-corrected chi connectivity index (χ1v) is 7.58. The van der Waals surface area contributed by atoms with Crippen LogP contribution in [-0.4, -0.2) is 54.3 Å². The molecule has 1 aromatic carbocycles. The number of likely N-dealkylation sites (tertiary alicyclic amines) is 1. The highest BCUT2D eigenvalue weighted by molar-refractivity contribution is 5.68. The number of ether oxygens (including phenoxy) is 3. The Balaban J connectivity index is 1.57.